The number of aromatic nitrogens is 1. The second kappa shape index (κ2) is 5.90. The fourth-order valence-electron chi connectivity index (χ4n) is 1.80. The number of nitrogen functional groups attached to an aromatic ring is 1. The SMILES string of the molecule is CCc1ccc(S(=O)(=O)NCc2csc(C)n2)cc1N. The Balaban J connectivity index is 2.15. The summed E-state index contributed by atoms with van der Waals surface area (Å²) in [6.07, 6.45) is 0.775. The smallest absolute Gasteiger partial charge is 0.240 e. The number of hydrogen-bond acceptors (Lipinski definition) is 5. The van der Waals surface area contributed by atoms with Crippen LogP contribution >= 0.6 is 11.3 Å². The highest BCUT2D eigenvalue weighted by Gasteiger charge is 2.15. The largest absolute Gasteiger partial charge is 0.398 e. The lowest BCUT2D eigenvalue weighted by Gasteiger charge is -2.08. The molecule has 0 atom stereocenters. The minimum atomic E-state index is -3.56. The third kappa shape index (κ3) is 3.36. The van der Waals surface area contributed by atoms with Gasteiger partial charge in [-0.3, -0.25) is 0 Å². The summed E-state index contributed by atoms with van der Waals surface area (Å²) in [6.45, 7) is 4.04. The quantitative estimate of drug-likeness (QED) is 0.828. The number of nitrogens with two attached hydrogens (primary N) is 1. The Bertz CT molecular complexity index is 708. The number of sulfonamides is 1. The molecule has 0 fully saturated rings. The van der Waals surface area contributed by atoms with E-state index in [9.17, 15) is 8.42 Å². The van der Waals surface area contributed by atoms with E-state index in [1.54, 1.807) is 12.1 Å². The van der Waals surface area contributed by atoms with Crippen LogP contribution in [0, 0.1) is 6.92 Å². The van der Waals surface area contributed by atoms with Crippen molar-refractivity contribution in [2.45, 2.75) is 31.7 Å². The number of aryl methyl sites for hydroxylation is 2. The molecule has 1 aromatic heterocycles. The van der Waals surface area contributed by atoms with Crippen LogP contribution in [0.2, 0.25) is 0 Å². The molecule has 0 unspecified atom stereocenters. The normalized spacial score (nSPS) is 11.7. The Morgan fingerprint density at radius 2 is 2.15 bits per heavy atom. The van der Waals surface area contributed by atoms with Gasteiger partial charge in [0.05, 0.1) is 22.1 Å². The Morgan fingerprint density at radius 1 is 1.40 bits per heavy atom. The standard InChI is InChI=1S/C13H17N3O2S2/c1-3-10-4-5-12(6-13(10)14)20(17,18)15-7-11-8-19-9(2)16-11/h4-6,8,15H,3,7,14H2,1-2H3. The molecule has 0 saturated heterocycles. The maximum atomic E-state index is 12.2. The van der Waals surface area contributed by atoms with E-state index in [2.05, 4.69) is 9.71 Å². The van der Waals surface area contributed by atoms with Gasteiger partial charge in [0.2, 0.25) is 10.0 Å². The third-order valence-electron chi connectivity index (χ3n) is 2.92. The van der Waals surface area contributed by atoms with Gasteiger partial charge < -0.3 is 5.73 Å². The molecule has 0 radical (unpaired) electrons. The van der Waals surface area contributed by atoms with Crippen molar-refractivity contribution in [3.05, 3.63) is 39.8 Å². The Kier molecular flexibility index (Phi) is 4.42. The van der Waals surface area contributed by atoms with Crippen molar-refractivity contribution in [1.29, 1.82) is 0 Å². The highest BCUT2D eigenvalue weighted by molar-refractivity contribution is 7.89. The molecule has 2 rings (SSSR count). The van der Waals surface area contributed by atoms with Crippen LogP contribution < -0.4 is 10.5 Å². The molecule has 0 bridgehead atoms. The first-order chi connectivity index (χ1) is 9.42. The minimum Gasteiger partial charge on any atom is -0.398 e. The zero-order valence-electron chi connectivity index (χ0n) is 11.4. The van der Waals surface area contributed by atoms with Crippen LogP contribution in [0.4, 0.5) is 5.69 Å². The molecule has 2 aromatic rings. The lowest BCUT2D eigenvalue weighted by Crippen LogP contribution is -2.23. The van der Waals surface area contributed by atoms with Crippen LogP contribution in [0.3, 0.4) is 0 Å². The number of benzene rings is 1. The molecule has 0 saturated carbocycles. The first-order valence-electron chi connectivity index (χ1n) is 6.21. The van der Waals surface area contributed by atoms with Crippen LogP contribution in [-0.2, 0) is 23.0 Å². The number of anilines is 1. The first-order valence-corrected chi connectivity index (χ1v) is 8.57. The van der Waals surface area contributed by atoms with Gasteiger partial charge in [0.15, 0.2) is 0 Å². The van der Waals surface area contributed by atoms with Crippen molar-refractivity contribution in [1.82, 2.24) is 9.71 Å². The van der Waals surface area contributed by atoms with Crippen LogP contribution in [-0.4, -0.2) is 13.4 Å². The molecule has 20 heavy (non-hydrogen) atoms. The molecule has 0 spiro atoms. The molecule has 5 nitrogen and oxygen atoms in total. The van der Waals surface area contributed by atoms with Crippen molar-refractivity contribution in [2.75, 3.05) is 5.73 Å². The van der Waals surface area contributed by atoms with Gasteiger partial charge in [-0.15, -0.1) is 11.3 Å². The number of rotatable bonds is 5. The second-order valence-corrected chi connectivity index (χ2v) is 7.23. The topological polar surface area (TPSA) is 85.1 Å². The summed E-state index contributed by atoms with van der Waals surface area (Å²) in [5.74, 6) is 0. The molecule has 1 aromatic carbocycles. The maximum Gasteiger partial charge on any atom is 0.240 e. The van der Waals surface area contributed by atoms with Gasteiger partial charge in [-0.25, -0.2) is 18.1 Å². The number of nitrogens with zero attached hydrogens (tertiary/aromatic N) is 1. The number of nitrogens with one attached hydrogen (secondary N) is 1. The van der Waals surface area contributed by atoms with Gasteiger partial charge in [-0.1, -0.05) is 13.0 Å². The molecule has 1 heterocycles. The fraction of sp³-hybridized carbons (Fsp3) is 0.308. The molecule has 0 aliphatic rings. The third-order valence-corrected chi connectivity index (χ3v) is 5.14. The highest BCUT2D eigenvalue weighted by Crippen LogP contribution is 2.18. The maximum absolute atomic E-state index is 12.2. The van der Waals surface area contributed by atoms with Gasteiger partial charge in [-0.05, 0) is 31.0 Å². The second-order valence-electron chi connectivity index (χ2n) is 4.40. The van der Waals surface area contributed by atoms with E-state index < -0.39 is 10.0 Å². The molecule has 7 heteroatoms. The van der Waals surface area contributed by atoms with Crippen molar-refractivity contribution < 1.29 is 8.42 Å². The number of thiazole rings is 1. The summed E-state index contributed by atoms with van der Waals surface area (Å²) in [5, 5.41) is 2.75. The van der Waals surface area contributed by atoms with Crippen LogP contribution in [0.25, 0.3) is 0 Å². The van der Waals surface area contributed by atoms with E-state index in [4.69, 9.17) is 5.73 Å². The molecular formula is C13H17N3O2S2. The van der Waals surface area contributed by atoms with Crippen molar-refractivity contribution >= 4 is 27.0 Å². The fourth-order valence-corrected chi connectivity index (χ4v) is 3.45. The molecular weight excluding hydrogens is 294 g/mol. The number of hydrogen-bond donors (Lipinski definition) is 2. The summed E-state index contributed by atoms with van der Waals surface area (Å²) in [4.78, 5) is 4.40. The van der Waals surface area contributed by atoms with Crippen LogP contribution in [0.5, 0.6) is 0 Å². The Hall–Kier alpha value is -1.44. The average Bonchev–Trinajstić information content (AvgIpc) is 2.82. The minimum absolute atomic E-state index is 0.180. The molecule has 0 amide bonds. The van der Waals surface area contributed by atoms with E-state index in [0.717, 1.165) is 17.0 Å². The predicted molar refractivity (Wildman–Crippen MR) is 81.1 cm³/mol. The van der Waals surface area contributed by atoms with Gasteiger partial charge in [0, 0.05) is 11.1 Å². The van der Waals surface area contributed by atoms with Crippen LogP contribution in [0.1, 0.15) is 23.2 Å². The van der Waals surface area contributed by atoms with Crippen molar-refractivity contribution in [3.63, 3.8) is 0 Å². The summed E-state index contributed by atoms with van der Waals surface area (Å²) in [7, 11) is -3.56. The summed E-state index contributed by atoms with van der Waals surface area (Å²) < 4.78 is 26.9. The lowest BCUT2D eigenvalue weighted by molar-refractivity contribution is 0.580. The first kappa shape index (κ1) is 15.0. The molecule has 0 aliphatic carbocycles. The van der Waals surface area contributed by atoms with Crippen molar-refractivity contribution in [3.8, 4) is 0 Å². The molecule has 3 N–H and O–H groups in total. The van der Waals surface area contributed by atoms with E-state index in [0.29, 0.717) is 11.4 Å². The van der Waals surface area contributed by atoms with E-state index >= 15 is 0 Å². The zero-order chi connectivity index (χ0) is 14.8. The predicted octanol–water partition coefficient (Wildman–Crippen LogP) is 2.07. The van der Waals surface area contributed by atoms with E-state index in [1.165, 1.54) is 17.4 Å². The van der Waals surface area contributed by atoms with Gasteiger partial charge in [0.25, 0.3) is 0 Å². The zero-order valence-corrected chi connectivity index (χ0v) is 13.0. The van der Waals surface area contributed by atoms with Gasteiger partial charge >= 0.3 is 0 Å². The van der Waals surface area contributed by atoms with Crippen molar-refractivity contribution in [2.24, 2.45) is 0 Å². The van der Waals surface area contributed by atoms with Crippen LogP contribution in [0.15, 0.2) is 28.5 Å². The Labute approximate surface area is 122 Å². The lowest BCUT2D eigenvalue weighted by atomic mass is 10.1. The summed E-state index contributed by atoms with van der Waals surface area (Å²) >= 11 is 1.49. The van der Waals surface area contributed by atoms with Gasteiger partial charge in [0.1, 0.15) is 0 Å². The monoisotopic (exact) mass is 311 g/mol. The summed E-state index contributed by atoms with van der Waals surface area (Å²) in [5.41, 5.74) is 8.00. The average molecular weight is 311 g/mol. The highest BCUT2D eigenvalue weighted by atomic mass is 32.2. The summed E-state index contributed by atoms with van der Waals surface area (Å²) in [6, 6.07) is 4.81. The Morgan fingerprint density at radius 3 is 2.70 bits per heavy atom. The molecule has 0 aliphatic heterocycles. The molecule has 108 valence electrons. The van der Waals surface area contributed by atoms with E-state index in [-0.39, 0.29) is 11.4 Å². The van der Waals surface area contributed by atoms with E-state index in [1.807, 2.05) is 19.2 Å². The van der Waals surface area contributed by atoms with Gasteiger partial charge in [-0.2, -0.15) is 0 Å².